The molecule has 116 valence electrons. The lowest BCUT2D eigenvalue weighted by Crippen LogP contribution is -2.30. The normalized spacial score (nSPS) is 14.7. The first kappa shape index (κ1) is 14.2. The number of H-pyrrole nitrogens is 1. The van der Waals surface area contributed by atoms with Gasteiger partial charge in [0.2, 0.25) is 0 Å². The van der Waals surface area contributed by atoms with Gasteiger partial charge in [0.15, 0.2) is 0 Å². The molecule has 2 aromatic heterocycles. The van der Waals surface area contributed by atoms with Gasteiger partial charge >= 0.3 is 0 Å². The largest absolute Gasteiger partial charge is 0.293 e. The number of nitrogens with zero attached hydrogens (tertiary/aromatic N) is 3. The predicted octanol–water partition coefficient (Wildman–Crippen LogP) is 3.34. The lowest BCUT2D eigenvalue weighted by molar-refractivity contribution is 0.242. The Morgan fingerprint density at radius 1 is 1.09 bits per heavy atom. The summed E-state index contributed by atoms with van der Waals surface area (Å²) in [4.78, 5) is 7.08. The number of aromatic nitrogens is 3. The fraction of sp³-hybridized carbons (Fsp3) is 0.263. The molecule has 0 saturated carbocycles. The van der Waals surface area contributed by atoms with Gasteiger partial charge in [-0.3, -0.25) is 15.0 Å². The fourth-order valence-corrected chi connectivity index (χ4v) is 3.24. The van der Waals surface area contributed by atoms with E-state index in [0.29, 0.717) is 0 Å². The molecule has 0 unspecified atom stereocenters. The SMILES string of the molecule is Cc1cccc(CN2CCc3[nH]nc(-c4ccccc4)c3C2)n1. The van der Waals surface area contributed by atoms with Crippen LogP contribution in [0.25, 0.3) is 11.3 Å². The monoisotopic (exact) mass is 304 g/mol. The number of hydrogen-bond donors (Lipinski definition) is 1. The zero-order chi connectivity index (χ0) is 15.6. The molecule has 0 saturated heterocycles. The second-order valence-corrected chi connectivity index (χ2v) is 6.13. The van der Waals surface area contributed by atoms with Gasteiger partial charge in [0, 0.05) is 48.6 Å². The number of benzene rings is 1. The van der Waals surface area contributed by atoms with Crippen LogP contribution in [0.3, 0.4) is 0 Å². The summed E-state index contributed by atoms with van der Waals surface area (Å²) >= 11 is 0. The summed E-state index contributed by atoms with van der Waals surface area (Å²) < 4.78 is 0. The Hall–Kier alpha value is -2.46. The number of pyridine rings is 1. The molecular formula is C19H20N4. The maximum Gasteiger partial charge on any atom is 0.0968 e. The van der Waals surface area contributed by atoms with Gasteiger partial charge in [-0.2, -0.15) is 5.10 Å². The Morgan fingerprint density at radius 3 is 2.78 bits per heavy atom. The van der Waals surface area contributed by atoms with Crippen molar-refractivity contribution in [3.63, 3.8) is 0 Å². The molecule has 3 heterocycles. The molecule has 1 N–H and O–H groups in total. The van der Waals surface area contributed by atoms with Crippen molar-refractivity contribution >= 4 is 0 Å². The van der Waals surface area contributed by atoms with Crippen LogP contribution in [-0.4, -0.2) is 26.6 Å². The molecule has 0 aliphatic carbocycles. The maximum absolute atomic E-state index is 4.63. The summed E-state index contributed by atoms with van der Waals surface area (Å²) in [6, 6.07) is 16.6. The van der Waals surface area contributed by atoms with Gasteiger partial charge in [-0.1, -0.05) is 36.4 Å². The second kappa shape index (κ2) is 5.97. The minimum Gasteiger partial charge on any atom is -0.293 e. The van der Waals surface area contributed by atoms with Crippen molar-refractivity contribution in [2.45, 2.75) is 26.4 Å². The van der Waals surface area contributed by atoms with Crippen LogP contribution in [0.4, 0.5) is 0 Å². The van der Waals surface area contributed by atoms with E-state index in [1.165, 1.54) is 16.8 Å². The number of nitrogens with one attached hydrogen (secondary N) is 1. The highest BCUT2D eigenvalue weighted by atomic mass is 15.2. The first-order valence-electron chi connectivity index (χ1n) is 8.06. The van der Waals surface area contributed by atoms with E-state index in [4.69, 9.17) is 0 Å². The predicted molar refractivity (Wildman–Crippen MR) is 90.8 cm³/mol. The van der Waals surface area contributed by atoms with Crippen LogP contribution in [-0.2, 0) is 19.5 Å². The first-order valence-corrected chi connectivity index (χ1v) is 8.06. The molecule has 4 rings (SSSR count). The number of rotatable bonds is 3. The summed E-state index contributed by atoms with van der Waals surface area (Å²) in [5.74, 6) is 0. The molecule has 0 amide bonds. The molecule has 1 aromatic carbocycles. The molecule has 0 bridgehead atoms. The average molecular weight is 304 g/mol. The van der Waals surface area contributed by atoms with Crippen LogP contribution >= 0.6 is 0 Å². The van der Waals surface area contributed by atoms with Crippen molar-refractivity contribution in [1.29, 1.82) is 0 Å². The highest BCUT2D eigenvalue weighted by Crippen LogP contribution is 2.28. The Kier molecular flexibility index (Phi) is 3.67. The third-order valence-electron chi connectivity index (χ3n) is 4.39. The minimum absolute atomic E-state index is 0.889. The number of aromatic amines is 1. The molecule has 0 fully saturated rings. The molecule has 4 nitrogen and oxygen atoms in total. The molecule has 3 aromatic rings. The highest BCUT2D eigenvalue weighted by molar-refractivity contribution is 5.64. The molecule has 23 heavy (non-hydrogen) atoms. The van der Waals surface area contributed by atoms with Gasteiger partial charge in [0.25, 0.3) is 0 Å². The smallest absolute Gasteiger partial charge is 0.0968 e. The van der Waals surface area contributed by atoms with Crippen molar-refractivity contribution in [2.75, 3.05) is 6.54 Å². The standard InChI is InChI=1S/C19H20N4/c1-14-6-5-9-16(20-14)12-23-11-10-18-17(13-23)19(22-21-18)15-7-3-2-4-8-15/h2-9H,10-13H2,1H3,(H,21,22). The van der Waals surface area contributed by atoms with Gasteiger partial charge in [-0.15, -0.1) is 0 Å². The van der Waals surface area contributed by atoms with E-state index in [-0.39, 0.29) is 0 Å². The number of fused-ring (bicyclic) bond motifs is 1. The van der Waals surface area contributed by atoms with E-state index < -0.39 is 0 Å². The highest BCUT2D eigenvalue weighted by Gasteiger charge is 2.22. The maximum atomic E-state index is 4.63. The molecule has 0 atom stereocenters. The van der Waals surface area contributed by atoms with Crippen LogP contribution in [0.2, 0.25) is 0 Å². The molecule has 4 heteroatoms. The topological polar surface area (TPSA) is 44.8 Å². The summed E-state index contributed by atoms with van der Waals surface area (Å²) in [7, 11) is 0. The fourth-order valence-electron chi connectivity index (χ4n) is 3.24. The van der Waals surface area contributed by atoms with Gasteiger partial charge in [-0.05, 0) is 19.1 Å². The van der Waals surface area contributed by atoms with Crippen LogP contribution in [0.1, 0.15) is 22.6 Å². The quantitative estimate of drug-likeness (QED) is 0.807. The van der Waals surface area contributed by atoms with Gasteiger partial charge in [-0.25, -0.2) is 0 Å². The van der Waals surface area contributed by atoms with Crippen LogP contribution in [0, 0.1) is 6.92 Å². The Balaban J connectivity index is 1.58. The van der Waals surface area contributed by atoms with Crippen LogP contribution in [0.5, 0.6) is 0 Å². The van der Waals surface area contributed by atoms with Crippen molar-refractivity contribution in [3.05, 3.63) is 71.2 Å². The van der Waals surface area contributed by atoms with Gasteiger partial charge in [0.05, 0.1) is 11.4 Å². The van der Waals surface area contributed by atoms with Crippen molar-refractivity contribution in [3.8, 4) is 11.3 Å². The summed E-state index contributed by atoms with van der Waals surface area (Å²) in [6.07, 6.45) is 1.01. The summed E-state index contributed by atoms with van der Waals surface area (Å²) in [5.41, 5.74) is 7.09. The minimum atomic E-state index is 0.889. The van der Waals surface area contributed by atoms with E-state index >= 15 is 0 Å². The lowest BCUT2D eigenvalue weighted by Gasteiger charge is -2.26. The number of hydrogen-bond acceptors (Lipinski definition) is 3. The van der Waals surface area contributed by atoms with Crippen LogP contribution < -0.4 is 0 Å². The van der Waals surface area contributed by atoms with Crippen LogP contribution in [0.15, 0.2) is 48.5 Å². The zero-order valence-corrected chi connectivity index (χ0v) is 13.3. The average Bonchev–Trinajstić information content (AvgIpc) is 2.99. The number of aryl methyl sites for hydroxylation is 1. The zero-order valence-electron chi connectivity index (χ0n) is 13.3. The third kappa shape index (κ3) is 2.90. The van der Waals surface area contributed by atoms with Crippen molar-refractivity contribution in [1.82, 2.24) is 20.1 Å². The van der Waals surface area contributed by atoms with Gasteiger partial charge < -0.3 is 0 Å². The van der Waals surface area contributed by atoms with E-state index in [9.17, 15) is 0 Å². The Morgan fingerprint density at radius 2 is 1.96 bits per heavy atom. The molecule has 0 spiro atoms. The first-order chi connectivity index (χ1) is 11.3. The summed E-state index contributed by atoms with van der Waals surface area (Å²) in [5, 5.41) is 7.78. The Bertz CT molecular complexity index is 807. The van der Waals surface area contributed by atoms with E-state index in [2.05, 4.69) is 56.5 Å². The Labute approximate surface area is 136 Å². The third-order valence-corrected chi connectivity index (χ3v) is 4.39. The van der Waals surface area contributed by atoms with E-state index in [0.717, 1.165) is 43.1 Å². The van der Waals surface area contributed by atoms with Crippen molar-refractivity contribution in [2.24, 2.45) is 0 Å². The lowest BCUT2D eigenvalue weighted by atomic mass is 10.0. The molecule has 0 radical (unpaired) electrons. The van der Waals surface area contributed by atoms with E-state index in [1.807, 2.05) is 19.1 Å². The molecular weight excluding hydrogens is 284 g/mol. The second-order valence-electron chi connectivity index (χ2n) is 6.13. The molecule has 1 aliphatic heterocycles. The van der Waals surface area contributed by atoms with Gasteiger partial charge in [0.1, 0.15) is 0 Å². The molecule has 1 aliphatic rings. The van der Waals surface area contributed by atoms with Crippen molar-refractivity contribution < 1.29 is 0 Å². The summed E-state index contributed by atoms with van der Waals surface area (Å²) in [6.45, 7) is 4.90. The van der Waals surface area contributed by atoms with E-state index in [1.54, 1.807) is 0 Å².